The third-order valence-electron chi connectivity index (χ3n) is 6.54. The number of alkyl halides is 2. The molecule has 2 heterocycles. The van der Waals surface area contributed by atoms with Crippen molar-refractivity contribution in [2.75, 3.05) is 0 Å². The first-order valence-electron chi connectivity index (χ1n) is 11.9. The molecule has 0 radical (unpaired) electrons. The van der Waals surface area contributed by atoms with Crippen molar-refractivity contribution in [1.82, 2.24) is 9.62 Å². The van der Waals surface area contributed by atoms with Gasteiger partial charge in [0.2, 0.25) is 0 Å². The van der Waals surface area contributed by atoms with Crippen molar-refractivity contribution in [2.24, 2.45) is 5.92 Å². The van der Waals surface area contributed by atoms with Crippen molar-refractivity contribution in [2.45, 2.75) is 109 Å². The summed E-state index contributed by atoms with van der Waals surface area (Å²) >= 11 is -1.48. The molecule has 0 spiro atoms. The van der Waals surface area contributed by atoms with Gasteiger partial charge in [0, 0.05) is 34.9 Å². The SMILES string of the molecule is C[C@@H](N[S+]([O-])C(C)(C)C)c1cccc(C(F)(F)C2CC3CCC(C2)N3C(=O)OC(C)(C)C)c1F. The maximum Gasteiger partial charge on any atom is 0.410 e. The standard InChI is InChI=1S/C25H37F3N2O3S/c1-15(29-34(32)24(5,6)7)19-9-8-10-20(21(19)26)25(27,28)16-13-17-11-12-18(14-16)30(17)22(31)33-23(2,3)4/h8-10,15-18,29H,11-14H2,1-7H3/t15-,16?,17?,18?,34?/m1/s1. The van der Waals surface area contributed by atoms with Crippen LogP contribution in [0.15, 0.2) is 18.2 Å². The van der Waals surface area contributed by atoms with Crippen LogP contribution in [0.3, 0.4) is 0 Å². The molecular formula is C25H37F3N2O3S. The van der Waals surface area contributed by atoms with Crippen molar-refractivity contribution < 1.29 is 27.3 Å². The molecule has 0 saturated carbocycles. The number of hydrogen-bond acceptors (Lipinski definition) is 4. The summed E-state index contributed by atoms with van der Waals surface area (Å²) in [5, 5.41) is 0. The zero-order valence-electron chi connectivity index (χ0n) is 21.1. The predicted molar refractivity (Wildman–Crippen MR) is 127 cm³/mol. The van der Waals surface area contributed by atoms with Crippen molar-refractivity contribution >= 4 is 17.5 Å². The molecule has 2 aliphatic rings. The Balaban J connectivity index is 1.80. The maximum atomic E-state index is 15.7. The molecule has 2 saturated heterocycles. The number of carbonyl (C=O) groups excluding carboxylic acids is 1. The van der Waals surface area contributed by atoms with Gasteiger partial charge in [-0.05, 0) is 74.1 Å². The fraction of sp³-hybridized carbons (Fsp3) is 0.720. The van der Waals surface area contributed by atoms with E-state index in [-0.39, 0.29) is 30.5 Å². The molecule has 4 atom stereocenters. The van der Waals surface area contributed by atoms with Gasteiger partial charge in [0.1, 0.15) is 16.2 Å². The maximum absolute atomic E-state index is 15.7. The Hall–Kier alpha value is -1.45. The fourth-order valence-electron chi connectivity index (χ4n) is 4.85. The van der Waals surface area contributed by atoms with Gasteiger partial charge in [0.05, 0.1) is 11.6 Å². The molecule has 1 aromatic rings. The second-order valence-electron chi connectivity index (χ2n) is 11.5. The second-order valence-corrected chi connectivity index (χ2v) is 13.5. The lowest BCUT2D eigenvalue weighted by Crippen LogP contribution is -2.51. The molecule has 0 aromatic heterocycles. The zero-order valence-corrected chi connectivity index (χ0v) is 21.9. The van der Waals surface area contributed by atoms with E-state index in [1.165, 1.54) is 12.1 Å². The van der Waals surface area contributed by atoms with Gasteiger partial charge >= 0.3 is 6.09 Å². The van der Waals surface area contributed by atoms with Crippen LogP contribution in [0.2, 0.25) is 0 Å². The van der Waals surface area contributed by atoms with Crippen molar-refractivity contribution in [3.05, 3.63) is 35.1 Å². The molecule has 2 fully saturated rings. The van der Waals surface area contributed by atoms with Crippen LogP contribution in [0.1, 0.15) is 91.3 Å². The van der Waals surface area contributed by atoms with E-state index in [2.05, 4.69) is 4.72 Å². The Morgan fingerprint density at radius 2 is 1.71 bits per heavy atom. The lowest BCUT2D eigenvalue weighted by atomic mass is 9.82. The largest absolute Gasteiger partial charge is 0.598 e. The molecule has 9 heteroatoms. The summed E-state index contributed by atoms with van der Waals surface area (Å²) in [6, 6.07) is 2.61. The van der Waals surface area contributed by atoms with E-state index in [9.17, 15) is 9.35 Å². The summed E-state index contributed by atoms with van der Waals surface area (Å²) in [4.78, 5) is 14.3. The molecule has 2 aliphatic heterocycles. The molecule has 1 amide bonds. The third-order valence-corrected chi connectivity index (χ3v) is 8.22. The number of carbonyl (C=O) groups is 1. The van der Waals surface area contributed by atoms with Gasteiger partial charge in [-0.15, -0.1) is 4.72 Å². The smallest absolute Gasteiger partial charge is 0.410 e. The average molecular weight is 503 g/mol. The minimum Gasteiger partial charge on any atom is -0.598 e. The molecule has 3 rings (SSSR count). The van der Waals surface area contributed by atoms with Crippen LogP contribution >= 0.6 is 0 Å². The summed E-state index contributed by atoms with van der Waals surface area (Å²) in [5.74, 6) is -5.45. The van der Waals surface area contributed by atoms with E-state index in [4.69, 9.17) is 4.74 Å². The Kier molecular flexibility index (Phi) is 7.62. The number of amides is 1. The first-order valence-corrected chi connectivity index (χ1v) is 13.0. The second kappa shape index (κ2) is 9.54. The molecule has 3 unspecified atom stereocenters. The van der Waals surface area contributed by atoms with Crippen molar-refractivity contribution in [3.63, 3.8) is 0 Å². The van der Waals surface area contributed by atoms with E-state index < -0.39 is 57.1 Å². The molecule has 2 bridgehead atoms. The lowest BCUT2D eigenvalue weighted by molar-refractivity contribution is -0.100. The number of ether oxygens (including phenoxy) is 1. The zero-order chi connectivity index (χ0) is 25.6. The highest BCUT2D eigenvalue weighted by Crippen LogP contribution is 2.50. The van der Waals surface area contributed by atoms with E-state index in [0.29, 0.717) is 12.8 Å². The van der Waals surface area contributed by atoms with Crippen LogP contribution in [0.5, 0.6) is 0 Å². The number of nitrogens with one attached hydrogen (secondary N) is 1. The quantitative estimate of drug-likeness (QED) is 0.487. The minimum absolute atomic E-state index is 0.0592. The number of rotatable bonds is 5. The van der Waals surface area contributed by atoms with Gasteiger partial charge in [-0.25, -0.2) is 18.0 Å². The van der Waals surface area contributed by atoms with Gasteiger partial charge in [-0.2, -0.15) is 0 Å². The Morgan fingerprint density at radius 3 is 2.21 bits per heavy atom. The third kappa shape index (κ3) is 5.68. The van der Waals surface area contributed by atoms with Gasteiger partial charge < -0.3 is 14.2 Å². The first kappa shape index (κ1) is 27.1. The number of piperidine rings is 1. The topological polar surface area (TPSA) is 64.6 Å². The van der Waals surface area contributed by atoms with Gasteiger partial charge in [0.15, 0.2) is 0 Å². The van der Waals surface area contributed by atoms with Crippen LogP contribution in [-0.2, 0) is 22.0 Å². The average Bonchev–Trinajstić information content (AvgIpc) is 2.95. The molecule has 1 aromatic carbocycles. The van der Waals surface area contributed by atoms with E-state index in [1.54, 1.807) is 53.4 Å². The van der Waals surface area contributed by atoms with Crippen LogP contribution < -0.4 is 4.72 Å². The Bertz CT molecular complexity index is 886. The molecule has 0 aliphatic carbocycles. The van der Waals surface area contributed by atoms with Crippen molar-refractivity contribution in [3.8, 4) is 0 Å². The predicted octanol–water partition coefficient (Wildman–Crippen LogP) is 6.21. The molecule has 192 valence electrons. The summed E-state index contributed by atoms with van der Waals surface area (Å²) in [7, 11) is 0. The highest BCUT2D eigenvalue weighted by Gasteiger charge is 2.53. The van der Waals surface area contributed by atoms with Crippen molar-refractivity contribution in [1.29, 1.82) is 0 Å². The number of nitrogens with zero attached hydrogens (tertiary/aromatic N) is 1. The van der Waals surface area contributed by atoms with E-state index >= 15 is 13.2 Å². The first-order chi connectivity index (χ1) is 15.5. The normalized spacial score (nSPS) is 25.3. The van der Waals surface area contributed by atoms with Crippen LogP contribution in [-0.4, -0.2) is 38.0 Å². The highest BCUT2D eigenvalue weighted by atomic mass is 32.2. The number of hydrogen-bond donors (Lipinski definition) is 1. The Morgan fingerprint density at radius 1 is 1.15 bits per heavy atom. The van der Waals surface area contributed by atoms with Crippen LogP contribution in [0.25, 0.3) is 0 Å². The molecule has 34 heavy (non-hydrogen) atoms. The number of halogens is 3. The van der Waals surface area contributed by atoms with Crippen LogP contribution in [0, 0.1) is 11.7 Å². The lowest BCUT2D eigenvalue weighted by Gasteiger charge is -2.42. The minimum atomic E-state index is -3.40. The molecular weight excluding hydrogens is 465 g/mol. The van der Waals surface area contributed by atoms with E-state index in [0.717, 1.165) is 6.07 Å². The highest BCUT2D eigenvalue weighted by molar-refractivity contribution is 7.90. The van der Waals surface area contributed by atoms with E-state index in [1.807, 2.05) is 0 Å². The van der Waals surface area contributed by atoms with Gasteiger partial charge in [-0.1, -0.05) is 18.2 Å². The summed E-state index contributed by atoms with van der Waals surface area (Å²) in [6.07, 6.45) is 0.987. The monoisotopic (exact) mass is 502 g/mol. The fourth-order valence-corrected chi connectivity index (χ4v) is 5.65. The van der Waals surface area contributed by atoms with Gasteiger partial charge in [0.25, 0.3) is 5.92 Å². The molecule has 5 nitrogen and oxygen atoms in total. The summed E-state index contributed by atoms with van der Waals surface area (Å²) in [5.41, 5.74) is -1.25. The number of benzene rings is 1. The van der Waals surface area contributed by atoms with Crippen LogP contribution in [0.4, 0.5) is 18.0 Å². The Labute approximate surface area is 204 Å². The summed E-state index contributed by atoms with van der Waals surface area (Å²) < 4.78 is 67.0. The van der Waals surface area contributed by atoms with Gasteiger partial charge in [-0.3, -0.25) is 0 Å². The summed E-state index contributed by atoms with van der Waals surface area (Å²) in [6.45, 7) is 12.3. The number of fused-ring (bicyclic) bond motifs is 2. The molecule has 1 N–H and O–H groups in total.